The van der Waals surface area contributed by atoms with Crippen molar-refractivity contribution in [3.63, 3.8) is 0 Å². The monoisotopic (exact) mass is 351 g/mol. The quantitative estimate of drug-likeness (QED) is 0.796. The Morgan fingerprint density at radius 3 is 2.62 bits per heavy atom. The summed E-state index contributed by atoms with van der Waals surface area (Å²) in [5.74, 6) is 0.512. The van der Waals surface area contributed by atoms with Crippen molar-refractivity contribution in [1.29, 1.82) is 0 Å². The van der Waals surface area contributed by atoms with Crippen LogP contribution in [0.25, 0.3) is 0 Å². The molecule has 0 aliphatic carbocycles. The van der Waals surface area contributed by atoms with Gasteiger partial charge in [0.15, 0.2) is 0 Å². The summed E-state index contributed by atoms with van der Waals surface area (Å²) in [5.41, 5.74) is 0.707. The largest absolute Gasteiger partial charge is 0.386 e. The summed E-state index contributed by atoms with van der Waals surface area (Å²) in [5, 5.41) is 17.1. The molecule has 0 aromatic carbocycles. The minimum absolute atomic E-state index is 0.197. The van der Waals surface area contributed by atoms with Crippen LogP contribution in [0.4, 0.5) is 5.82 Å². The van der Waals surface area contributed by atoms with E-state index in [2.05, 4.69) is 15.4 Å². The van der Waals surface area contributed by atoms with Crippen LogP contribution in [0, 0.1) is 0 Å². The van der Waals surface area contributed by atoms with Crippen molar-refractivity contribution < 1.29 is 13.5 Å². The Bertz CT molecular complexity index is 782. The Balaban J connectivity index is 1.62. The number of aryl methyl sites for hydroxylation is 1. The molecule has 1 aliphatic rings. The lowest BCUT2D eigenvalue weighted by atomic mass is 10.2. The fourth-order valence-electron chi connectivity index (χ4n) is 2.65. The number of nitrogens with one attached hydrogen (secondary N) is 1. The highest BCUT2D eigenvalue weighted by atomic mass is 32.2. The molecule has 1 atom stereocenters. The molecule has 2 N–H and O–H groups in total. The molecule has 3 heterocycles. The third-order valence-corrected chi connectivity index (χ3v) is 5.91. The van der Waals surface area contributed by atoms with Gasteiger partial charge in [-0.25, -0.2) is 13.4 Å². The maximum absolute atomic E-state index is 12.4. The molecule has 24 heavy (non-hydrogen) atoms. The number of rotatable bonds is 6. The van der Waals surface area contributed by atoms with Crippen molar-refractivity contribution in [2.24, 2.45) is 7.05 Å². The number of sulfonamides is 1. The molecule has 3 rings (SSSR count). The van der Waals surface area contributed by atoms with Gasteiger partial charge >= 0.3 is 0 Å². The number of aromatic nitrogens is 3. The molecule has 2 aromatic rings. The molecule has 130 valence electrons. The first-order chi connectivity index (χ1) is 11.5. The van der Waals surface area contributed by atoms with E-state index >= 15 is 0 Å². The normalized spacial score (nSPS) is 17.1. The third kappa shape index (κ3) is 3.58. The summed E-state index contributed by atoms with van der Waals surface area (Å²) in [6, 6.07) is 3.15. The molecule has 1 saturated heterocycles. The van der Waals surface area contributed by atoms with Crippen LogP contribution in [0.2, 0.25) is 0 Å². The lowest BCUT2D eigenvalue weighted by Crippen LogP contribution is -2.28. The van der Waals surface area contributed by atoms with Gasteiger partial charge in [-0.1, -0.05) is 0 Å². The number of pyridine rings is 1. The van der Waals surface area contributed by atoms with Gasteiger partial charge in [-0.2, -0.15) is 9.40 Å². The van der Waals surface area contributed by atoms with Crippen LogP contribution in [0.15, 0.2) is 35.6 Å². The summed E-state index contributed by atoms with van der Waals surface area (Å²) < 4.78 is 27.9. The number of nitrogens with zero attached hydrogens (tertiary/aromatic N) is 4. The zero-order valence-corrected chi connectivity index (χ0v) is 14.3. The van der Waals surface area contributed by atoms with Crippen molar-refractivity contribution in [3.05, 3.63) is 36.3 Å². The molecular formula is C15H21N5O3S. The van der Waals surface area contributed by atoms with Crippen molar-refractivity contribution in [2.45, 2.75) is 23.8 Å². The first-order valence-electron chi connectivity index (χ1n) is 7.83. The summed E-state index contributed by atoms with van der Waals surface area (Å²) in [6.07, 6.45) is 5.79. The van der Waals surface area contributed by atoms with Gasteiger partial charge in [0.1, 0.15) is 10.7 Å². The van der Waals surface area contributed by atoms with Crippen LogP contribution in [-0.4, -0.2) is 52.2 Å². The second-order valence-electron chi connectivity index (χ2n) is 5.83. The highest BCUT2D eigenvalue weighted by Crippen LogP contribution is 2.21. The molecular weight excluding hydrogens is 330 g/mol. The average molecular weight is 351 g/mol. The summed E-state index contributed by atoms with van der Waals surface area (Å²) in [6.45, 7) is 1.40. The highest BCUT2D eigenvalue weighted by molar-refractivity contribution is 7.89. The number of hydrogen-bond donors (Lipinski definition) is 2. The first-order valence-corrected chi connectivity index (χ1v) is 9.27. The van der Waals surface area contributed by atoms with Gasteiger partial charge < -0.3 is 10.4 Å². The van der Waals surface area contributed by atoms with Gasteiger partial charge in [-0.3, -0.25) is 4.68 Å². The molecule has 2 aromatic heterocycles. The molecule has 0 saturated carbocycles. The molecule has 1 fully saturated rings. The van der Waals surface area contributed by atoms with Gasteiger partial charge in [0.2, 0.25) is 10.0 Å². The molecule has 1 unspecified atom stereocenters. The predicted octanol–water partition coefficient (Wildman–Crippen LogP) is 0.745. The molecule has 0 radical (unpaired) electrons. The third-order valence-electron chi connectivity index (χ3n) is 4.03. The summed E-state index contributed by atoms with van der Waals surface area (Å²) >= 11 is 0. The number of aliphatic hydroxyl groups is 1. The van der Waals surface area contributed by atoms with Crippen LogP contribution >= 0.6 is 0 Å². The fourth-order valence-corrected chi connectivity index (χ4v) is 4.11. The molecule has 0 bridgehead atoms. The van der Waals surface area contributed by atoms with E-state index in [-0.39, 0.29) is 11.4 Å². The fraction of sp³-hybridized carbons (Fsp3) is 0.467. The summed E-state index contributed by atoms with van der Waals surface area (Å²) in [4.78, 5) is 4.34. The first kappa shape index (κ1) is 16.9. The number of aliphatic hydroxyl groups excluding tert-OH is 1. The second-order valence-corrected chi connectivity index (χ2v) is 7.77. The maximum atomic E-state index is 12.4. The number of hydrogen-bond acceptors (Lipinski definition) is 6. The molecule has 0 spiro atoms. The van der Waals surface area contributed by atoms with Crippen LogP contribution in [0.5, 0.6) is 0 Å². The Morgan fingerprint density at radius 2 is 2.04 bits per heavy atom. The van der Waals surface area contributed by atoms with Crippen molar-refractivity contribution in [1.82, 2.24) is 19.1 Å². The van der Waals surface area contributed by atoms with Crippen molar-refractivity contribution in [2.75, 3.05) is 25.0 Å². The average Bonchev–Trinajstić information content (AvgIpc) is 3.25. The molecule has 1 aliphatic heterocycles. The van der Waals surface area contributed by atoms with Gasteiger partial charge in [0, 0.05) is 44.6 Å². The Hall–Kier alpha value is -1.97. The Kier molecular flexibility index (Phi) is 4.83. The zero-order chi connectivity index (χ0) is 17.2. The SMILES string of the molecule is Cn1cc(C(O)CNc2ccc(S(=O)(=O)N3CCCC3)cn2)cn1. The summed E-state index contributed by atoms with van der Waals surface area (Å²) in [7, 11) is -1.66. The standard InChI is InChI=1S/C15H21N5O3S/c1-19-11-12(8-18-19)14(21)10-17-15-5-4-13(9-16-15)24(22,23)20-6-2-3-7-20/h4-5,8-9,11,14,21H,2-3,6-7,10H2,1H3,(H,16,17). The van der Waals surface area contributed by atoms with Crippen molar-refractivity contribution >= 4 is 15.8 Å². The van der Waals surface area contributed by atoms with Crippen LogP contribution < -0.4 is 5.32 Å². The van der Waals surface area contributed by atoms with E-state index in [0.29, 0.717) is 24.5 Å². The topological polar surface area (TPSA) is 100 Å². The lowest BCUT2D eigenvalue weighted by Gasteiger charge is -2.15. The van der Waals surface area contributed by atoms with Gasteiger partial charge in [0.25, 0.3) is 0 Å². The highest BCUT2D eigenvalue weighted by Gasteiger charge is 2.27. The second kappa shape index (κ2) is 6.88. The van der Waals surface area contributed by atoms with Crippen LogP contribution in [-0.2, 0) is 17.1 Å². The van der Waals surface area contributed by atoms with E-state index in [4.69, 9.17) is 0 Å². The van der Waals surface area contributed by atoms with Crippen LogP contribution in [0.1, 0.15) is 24.5 Å². The van der Waals surface area contributed by atoms with E-state index in [0.717, 1.165) is 12.8 Å². The van der Waals surface area contributed by atoms with E-state index in [1.54, 1.807) is 36.3 Å². The molecule has 9 heteroatoms. The zero-order valence-electron chi connectivity index (χ0n) is 13.5. The minimum Gasteiger partial charge on any atom is -0.386 e. The smallest absolute Gasteiger partial charge is 0.244 e. The van der Waals surface area contributed by atoms with E-state index in [1.165, 1.54) is 10.5 Å². The van der Waals surface area contributed by atoms with Gasteiger partial charge in [-0.05, 0) is 25.0 Å². The minimum atomic E-state index is -3.44. The molecule has 0 amide bonds. The van der Waals surface area contributed by atoms with Gasteiger partial charge in [-0.15, -0.1) is 0 Å². The predicted molar refractivity (Wildman–Crippen MR) is 88.9 cm³/mol. The Labute approximate surface area is 141 Å². The lowest BCUT2D eigenvalue weighted by molar-refractivity contribution is 0.191. The van der Waals surface area contributed by atoms with Gasteiger partial charge in [0.05, 0.1) is 12.3 Å². The van der Waals surface area contributed by atoms with Crippen LogP contribution in [0.3, 0.4) is 0 Å². The molecule has 8 nitrogen and oxygen atoms in total. The van der Waals surface area contributed by atoms with E-state index in [9.17, 15) is 13.5 Å². The van der Waals surface area contributed by atoms with E-state index in [1.807, 2.05) is 0 Å². The van der Waals surface area contributed by atoms with Crippen molar-refractivity contribution in [3.8, 4) is 0 Å². The maximum Gasteiger partial charge on any atom is 0.244 e. The number of anilines is 1. The Morgan fingerprint density at radius 1 is 1.29 bits per heavy atom. The van der Waals surface area contributed by atoms with E-state index < -0.39 is 16.1 Å².